The number of alkyl halides is 3. The lowest BCUT2D eigenvalue weighted by Crippen LogP contribution is -2.44. The first-order chi connectivity index (χ1) is 20.5. The summed E-state index contributed by atoms with van der Waals surface area (Å²) < 4.78 is 57.6. The second-order valence-corrected chi connectivity index (χ2v) is 17.2. The van der Waals surface area contributed by atoms with Crippen molar-refractivity contribution in [2.24, 2.45) is 0 Å². The van der Waals surface area contributed by atoms with Gasteiger partial charge in [0.25, 0.3) is 5.91 Å². The van der Waals surface area contributed by atoms with Crippen LogP contribution in [-0.4, -0.2) is 73.4 Å². The van der Waals surface area contributed by atoms with Gasteiger partial charge in [-0.3, -0.25) is 14.2 Å². The van der Waals surface area contributed by atoms with Gasteiger partial charge >= 0.3 is 17.8 Å². The van der Waals surface area contributed by atoms with Crippen LogP contribution in [0.1, 0.15) is 49.3 Å². The summed E-state index contributed by atoms with van der Waals surface area (Å²) in [6, 6.07) is 8.15. The molecule has 2 aromatic rings. The number of anilines is 1. The quantitative estimate of drug-likeness (QED) is 0.218. The highest BCUT2D eigenvalue weighted by Crippen LogP contribution is 2.38. The predicted octanol–water partition coefficient (Wildman–Crippen LogP) is 4.54. The maximum absolute atomic E-state index is 13.2. The van der Waals surface area contributed by atoms with Gasteiger partial charge in [-0.15, -0.1) is 11.8 Å². The van der Waals surface area contributed by atoms with Crippen molar-refractivity contribution in [2.45, 2.75) is 69.9 Å². The van der Waals surface area contributed by atoms with Gasteiger partial charge in [0.15, 0.2) is 14.1 Å². The van der Waals surface area contributed by atoms with Crippen molar-refractivity contribution in [3.63, 3.8) is 0 Å². The van der Waals surface area contributed by atoms with E-state index in [0.29, 0.717) is 5.94 Å². The Morgan fingerprint density at radius 2 is 1.89 bits per heavy atom. The van der Waals surface area contributed by atoms with E-state index in [1.54, 1.807) is 35.6 Å². The highest BCUT2D eigenvalue weighted by molar-refractivity contribution is 7.98. The number of hydrogen-bond donors (Lipinski definition) is 2. The smallest absolute Gasteiger partial charge is 0.414 e. The van der Waals surface area contributed by atoms with Crippen molar-refractivity contribution in [1.82, 2.24) is 14.9 Å². The molecule has 0 bridgehead atoms. The molecule has 2 N–H and O–H groups in total. The summed E-state index contributed by atoms with van der Waals surface area (Å²) >= 11 is 1.49. The van der Waals surface area contributed by atoms with Crippen molar-refractivity contribution in [2.75, 3.05) is 30.7 Å². The summed E-state index contributed by atoms with van der Waals surface area (Å²) in [4.78, 5) is 41.2. The van der Waals surface area contributed by atoms with Crippen molar-refractivity contribution in [3.8, 4) is 11.8 Å². The van der Waals surface area contributed by atoms with Gasteiger partial charge in [-0.2, -0.15) is 18.2 Å². The van der Waals surface area contributed by atoms with E-state index >= 15 is 0 Å². The zero-order valence-corrected chi connectivity index (χ0v) is 27.2. The Morgan fingerprint density at radius 1 is 1.20 bits per heavy atom. The number of halogens is 3. The predicted molar refractivity (Wildman–Crippen MR) is 164 cm³/mol. The number of hydrogen-bond acceptors (Lipinski definition) is 8. The Labute approximate surface area is 259 Å². The van der Waals surface area contributed by atoms with Gasteiger partial charge in [0, 0.05) is 18.2 Å². The first-order valence-corrected chi connectivity index (χ1v) is 18.1. The highest BCUT2D eigenvalue weighted by atomic mass is 32.2. The second kappa shape index (κ2) is 14.7. The van der Waals surface area contributed by atoms with Crippen LogP contribution in [0.2, 0.25) is 18.1 Å². The van der Waals surface area contributed by atoms with Crippen LogP contribution >= 0.6 is 11.8 Å². The number of thioether (sulfide) groups is 1. The Morgan fingerprint density at radius 3 is 2.50 bits per heavy atom. The molecule has 1 aromatic heterocycles. The number of nitrogens with zero attached hydrogens (tertiary/aromatic N) is 2. The fourth-order valence-corrected chi connectivity index (χ4v) is 5.18. The Bertz CT molecular complexity index is 1440. The molecule has 0 spiro atoms. The normalized spacial score (nSPS) is 18.8. The SMILES string of the molecule is CSCO[C@@H]1C[C@H](n2cc(C#CCNC(=O)C(F)(F)F)c(NC(=O)c3ccccc3)nc2=O)O[C@@H]1CO[Si](C)(C)C(C)(C)C. The second-order valence-electron chi connectivity index (χ2n) is 11.5. The third kappa shape index (κ3) is 9.42. The van der Waals surface area contributed by atoms with Crippen LogP contribution in [0.4, 0.5) is 19.0 Å². The average molecular weight is 655 g/mol. The van der Waals surface area contributed by atoms with Crippen molar-refractivity contribution in [3.05, 3.63) is 58.1 Å². The summed E-state index contributed by atoms with van der Waals surface area (Å²) in [5.41, 5.74) is -0.433. The van der Waals surface area contributed by atoms with Crippen LogP contribution in [0.3, 0.4) is 0 Å². The van der Waals surface area contributed by atoms with Crippen LogP contribution < -0.4 is 16.3 Å². The molecule has 3 atom stereocenters. The minimum Gasteiger partial charge on any atom is -0.414 e. The molecule has 1 aliphatic heterocycles. The van der Waals surface area contributed by atoms with Gasteiger partial charge in [-0.05, 0) is 36.5 Å². The number of carbonyl (C=O) groups excluding carboxylic acids is 2. The molecule has 0 radical (unpaired) electrons. The zero-order valence-electron chi connectivity index (χ0n) is 25.4. The van der Waals surface area contributed by atoms with Gasteiger partial charge in [0.05, 0.1) is 30.8 Å². The van der Waals surface area contributed by atoms with Crippen LogP contribution in [0.15, 0.2) is 41.3 Å². The summed E-state index contributed by atoms with van der Waals surface area (Å²) in [6.45, 7) is 10.2. The van der Waals surface area contributed by atoms with E-state index in [1.807, 2.05) is 6.26 Å². The zero-order chi connectivity index (χ0) is 32.7. The molecule has 1 fully saturated rings. The number of rotatable bonds is 10. The van der Waals surface area contributed by atoms with E-state index in [9.17, 15) is 27.6 Å². The number of carbonyl (C=O) groups is 2. The average Bonchev–Trinajstić information content (AvgIpc) is 3.35. The minimum atomic E-state index is -5.06. The largest absolute Gasteiger partial charge is 0.471 e. The topological polar surface area (TPSA) is 121 Å². The molecule has 0 unspecified atom stereocenters. The molecule has 0 aliphatic carbocycles. The third-order valence-corrected chi connectivity index (χ3v) is 12.2. The maximum atomic E-state index is 13.2. The fourth-order valence-electron chi connectivity index (χ4n) is 3.85. The molecule has 3 rings (SSSR count). The van der Waals surface area contributed by atoms with Gasteiger partial charge < -0.3 is 24.5 Å². The lowest BCUT2D eigenvalue weighted by Gasteiger charge is -2.37. The Balaban J connectivity index is 1.92. The number of aromatic nitrogens is 2. The van der Waals surface area contributed by atoms with E-state index in [4.69, 9.17) is 13.9 Å². The summed E-state index contributed by atoms with van der Waals surface area (Å²) in [5, 5.41) is 4.17. The molecule has 10 nitrogen and oxygen atoms in total. The van der Waals surface area contributed by atoms with Crippen molar-refractivity contribution in [1.29, 1.82) is 0 Å². The maximum Gasteiger partial charge on any atom is 0.471 e. The first kappa shape index (κ1) is 35.3. The monoisotopic (exact) mass is 654 g/mol. The van der Waals surface area contributed by atoms with Gasteiger partial charge in [0.1, 0.15) is 12.3 Å². The molecule has 15 heteroatoms. The highest BCUT2D eigenvalue weighted by Gasteiger charge is 2.42. The Hall–Kier alpha value is -3.16. The summed E-state index contributed by atoms with van der Waals surface area (Å²) in [5.74, 6) is 2.51. The standard InChI is InChI=1S/C29H37F3N4O6SSi/c1-28(2,3)44(5,6)41-17-22-21(40-18-43-4)15-23(42-22)36-16-20(13-10-14-33-26(38)29(30,31)32)24(35-27(36)39)34-25(37)19-11-8-7-9-12-19/h7-9,11-12,16,21-23H,14-15,17-18H2,1-6H3,(H,33,38)(H,34,35,37,39)/t21-,22-,23-/m1/s1. The molecule has 44 heavy (non-hydrogen) atoms. The van der Waals surface area contributed by atoms with Crippen molar-refractivity contribution >= 4 is 37.7 Å². The summed E-state index contributed by atoms with van der Waals surface area (Å²) in [6.07, 6.45) is -3.26. The van der Waals surface area contributed by atoms with Crippen LogP contribution in [-0.2, 0) is 18.7 Å². The van der Waals surface area contributed by atoms with E-state index in [1.165, 1.54) is 22.5 Å². The summed E-state index contributed by atoms with van der Waals surface area (Å²) in [7, 11) is -2.12. The van der Waals surface area contributed by atoms with E-state index < -0.39 is 57.0 Å². The number of amides is 2. The molecule has 240 valence electrons. The van der Waals surface area contributed by atoms with Gasteiger partial charge in [-0.1, -0.05) is 50.8 Å². The number of ether oxygens (including phenoxy) is 2. The van der Waals surface area contributed by atoms with Crippen LogP contribution in [0.5, 0.6) is 0 Å². The lowest BCUT2D eigenvalue weighted by molar-refractivity contribution is -0.173. The third-order valence-electron chi connectivity index (χ3n) is 7.34. The van der Waals surface area contributed by atoms with Gasteiger partial charge in [0.2, 0.25) is 0 Å². The molecular formula is C29H37F3N4O6SSi. The molecule has 1 saturated heterocycles. The molecular weight excluding hydrogens is 617 g/mol. The molecule has 1 aromatic carbocycles. The molecule has 0 saturated carbocycles. The molecule has 2 amide bonds. The molecule has 1 aliphatic rings. The van der Waals surface area contributed by atoms with Crippen LogP contribution in [0.25, 0.3) is 0 Å². The fraction of sp³-hybridized carbons (Fsp3) is 0.517. The van der Waals surface area contributed by atoms with Crippen LogP contribution in [0, 0.1) is 11.8 Å². The van der Waals surface area contributed by atoms with E-state index in [2.05, 4.69) is 56.0 Å². The number of nitrogens with one attached hydrogen (secondary N) is 2. The lowest BCUT2D eigenvalue weighted by atomic mass is 10.2. The van der Waals surface area contributed by atoms with E-state index in [-0.39, 0.29) is 35.0 Å². The van der Waals surface area contributed by atoms with E-state index in [0.717, 1.165) is 0 Å². The Kier molecular flexibility index (Phi) is 11.8. The number of benzene rings is 1. The molecule has 2 heterocycles. The van der Waals surface area contributed by atoms with Gasteiger partial charge in [-0.25, -0.2) is 4.79 Å². The van der Waals surface area contributed by atoms with Crippen molar-refractivity contribution < 1.29 is 36.7 Å². The first-order valence-electron chi connectivity index (χ1n) is 13.8. The minimum absolute atomic E-state index is 0.0290.